The summed E-state index contributed by atoms with van der Waals surface area (Å²) >= 11 is 0. The van der Waals surface area contributed by atoms with E-state index in [1.165, 1.54) is 6.42 Å². The lowest BCUT2D eigenvalue weighted by molar-refractivity contribution is -0.134. The first-order chi connectivity index (χ1) is 8.72. The van der Waals surface area contributed by atoms with Gasteiger partial charge < -0.3 is 15.7 Å². The minimum Gasteiger partial charge on any atom is -0.508 e. The molecule has 4 nitrogen and oxygen atoms in total. The Balaban J connectivity index is 2.02. The van der Waals surface area contributed by atoms with Gasteiger partial charge in [0, 0.05) is 24.7 Å². The van der Waals surface area contributed by atoms with Crippen LogP contribution in [0.2, 0.25) is 0 Å². The maximum Gasteiger partial charge on any atom is 0.227 e. The minimum atomic E-state index is 0.0617. The van der Waals surface area contributed by atoms with Gasteiger partial charge in [0.25, 0.3) is 0 Å². The Morgan fingerprint density at radius 3 is 2.67 bits per heavy atom. The van der Waals surface area contributed by atoms with Crippen LogP contribution >= 0.6 is 0 Å². The first-order valence-electron chi connectivity index (χ1n) is 6.48. The third-order valence-electron chi connectivity index (χ3n) is 3.54. The van der Waals surface area contributed by atoms with Gasteiger partial charge in [-0.05, 0) is 25.3 Å². The molecule has 1 aliphatic rings. The van der Waals surface area contributed by atoms with Crippen molar-refractivity contribution in [1.82, 2.24) is 4.90 Å². The molecule has 0 aliphatic heterocycles. The number of rotatable bonds is 5. The number of hydrogen-bond acceptors (Lipinski definition) is 3. The maximum atomic E-state index is 12.2. The van der Waals surface area contributed by atoms with E-state index in [1.54, 1.807) is 18.2 Å². The molecule has 1 aromatic rings. The molecule has 1 aliphatic carbocycles. The summed E-state index contributed by atoms with van der Waals surface area (Å²) in [6.45, 7) is 1.10. The highest BCUT2D eigenvalue weighted by Crippen LogP contribution is 2.26. The van der Waals surface area contributed by atoms with Crippen LogP contribution < -0.4 is 5.73 Å². The van der Waals surface area contributed by atoms with E-state index in [0.717, 1.165) is 12.8 Å². The molecule has 0 radical (unpaired) electrons. The van der Waals surface area contributed by atoms with E-state index in [0.29, 0.717) is 24.7 Å². The van der Waals surface area contributed by atoms with E-state index in [4.69, 9.17) is 5.73 Å². The number of phenolic OH excluding ortho intramolecular Hbond substituents is 1. The van der Waals surface area contributed by atoms with Crippen LogP contribution in [0.5, 0.6) is 5.75 Å². The molecule has 0 bridgehead atoms. The maximum absolute atomic E-state index is 12.2. The monoisotopic (exact) mass is 248 g/mol. The molecule has 4 heteroatoms. The number of para-hydroxylation sites is 1. The SMILES string of the molecule is NCCN(C(=O)Cc1ccccc1O)C1CCC1. The van der Waals surface area contributed by atoms with Gasteiger partial charge in [-0.3, -0.25) is 4.79 Å². The van der Waals surface area contributed by atoms with Crippen molar-refractivity contribution in [3.63, 3.8) is 0 Å². The fourth-order valence-electron chi connectivity index (χ4n) is 2.27. The van der Waals surface area contributed by atoms with Gasteiger partial charge in [-0.15, -0.1) is 0 Å². The number of phenols is 1. The van der Waals surface area contributed by atoms with E-state index in [2.05, 4.69) is 0 Å². The zero-order valence-corrected chi connectivity index (χ0v) is 10.5. The molecule has 0 saturated heterocycles. The lowest BCUT2D eigenvalue weighted by atomic mass is 9.91. The normalized spacial score (nSPS) is 15.2. The molecule has 0 aromatic heterocycles. The van der Waals surface area contributed by atoms with Gasteiger partial charge in [-0.1, -0.05) is 18.2 Å². The number of carbonyl (C=O) groups is 1. The van der Waals surface area contributed by atoms with Gasteiger partial charge in [-0.25, -0.2) is 0 Å². The van der Waals surface area contributed by atoms with Crippen LogP contribution in [0.15, 0.2) is 24.3 Å². The Kier molecular flexibility index (Phi) is 4.20. The molecular formula is C14H20N2O2. The third kappa shape index (κ3) is 2.82. The first kappa shape index (κ1) is 12.9. The van der Waals surface area contributed by atoms with E-state index in [1.807, 2.05) is 11.0 Å². The number of amides is 1. The summed E-state index contributed by atoms with van der Waals surface area (Å²) in [5.74, 6) is 0.249. The van der Waals surface area contributed by atoms with Crippen molar-refractivity contribution in [2.45, 2.75) is 31.7 Å². The summed E-state index contributed by atoms with van der Waals surface area (Å²) in [6.07, 6.45) is 3.60. The number of nitrogens with two attached hydrogens (primary N) is 1. The minimum absolute atomic E-state index is 0.0617. The lowest BCUT2D eigenvalue weighted by Gasteiger charge is -2.37. The fourth-order valence-corrected chi connectivity index (χ4v) is 2.27. The number of aromatic hydroxyl groups is 1. The van der Waals surface area contributed by atoms with Crippen molar-refractivity contribution in [2.75, 3.05) is 13.1 Å². The molecule has 1 saturated carbocycles. The standard InChI is InChI=1S/C14H20N2O2/c15-8-9-16(12-5-3-6-12)14(18)10-11-4-1-2-7-13(11)17/h1-2,4,7,12,17H,3,5-6,8-10,15H2. The Morgan fingerprint density at radius 2 is 2.11 bits per heavy atom. The summed E-state index contributed by atoms with van der Waals surface area (Å²) in [4.78, 5) is 14.1. The van der Waals surface area contributed by atoms with Crippen LogP contribution in [0.4, 0.5) is 0 Å². The van der Waals surface area contributed by atoms with Gasteiger partial charge in [-0.2, -0.15) is 0 Å². The molecule has 1 aromatic carbocycles. The van der Waals surface area contributed by atoms with Gasteiger partial charge in [0.2, 0.25) is 5.91 Å². The van der Waals surface area contributed by atoms with Gasteiger partial charge in [0.05, 0.1) is 6.42 Å². The van der Waals surface area contributed by atoms with Crippen molar-refractivity contribution in [3.8, 4) is 5.75 Å². The predicted molar refractivity (Wildman–Crippen MR) is 70.2 cm³/mol. The zero-order chi connectivity index (χ0) is 13.0. The average Bonchev–Trinajstić information content (AvgIpc) is 2.29. The zero-order valence-electron chi connectivity index (χ0n) is 10.5. The Hall–Kier alpha value is -1.55. The number of nitrogens with zero attached hydrogens (tertiary/aromatic N) is 1. The van der Waals surface area contributed by atoms with Crippen LogP contribution in [0.1, 0.15) is 24.8 Å². The van der Waals surface area contributed by atoms with E-state index in [-0.39, 0.29) is 18.1 Å². The van der Waals surface area contributed by atoms with Gasteiger partial charge in [0.1, 0.15) is 5.75 Å². The van der Waals surface area contributed by atoms with Crippen LogP contribution in [0.3, 0.4) is 0 Å². The summed E-state index contributed by atoms with van der Waals surface area (Å²) in [5.41, 5.74) is 6.25. The molecule has 0 atom stereocenters. The highest BCUT2D eigenvalue weighted by Gasteiger charge is 2.28. The smallest absolute Gasteiger partial charge is 0.227 e. The molecule has 1 amide bonds. The number of carbonyl (C=O) groups excluding carboxylic acids is 1. The third-order valence-corrected chi connectivity index (χ3v) is 3.54. The van der Waals surface area contributed by atoms with Crippen LogP contribution in [0.25, 0.3) is 0 Å². The van der Waals surface area contributed by atoms with Crippen molar-refractivity contribution in [2.24, 2.45) is 5.73 Å². The average molecular weight is 248 g/mol. The van der Waals surface area contributed by atoms with Crippen molar-refractivity contribution < 1.29 is 9.90 Å². The largest absolute Gasteiger partial charge is 0.508 e. The number of benzene rings is 1. The van der Waals surface area contributed by atoms with Crippen LogP contribution in [-0.4, -0.2) is 35.0 Å². The fraction of sp³-hybridized carbons (Fsp3) is 0.500. The molecule has 2 rings (SSSR count). The van der Waals surface area contributed by atoms with E-state index in [9.17, 15) is 9.90 Å². The second-order valence-corrected chi connectivity index (χ2v) is 4.77. The lowest BCUT2D eigenvalue weighted by Crippen LogP contribution is -2.47. The molecule has 18 heavy (non-hydrogen) atoms. The number of hydrogen-bond donors (Lipinski definition) is 2. The van der Waals surface area contributed by atoms with Crippen molar-refractivity contribution in [1.29, 1.82) is 0 Å². The first-order valence-corrected chi connectivity index (χ1v) is 6.48. The topological polar surface area (TPSA) is 66.6 Å². The van der Waals surface area contributed by atoms with Crippen molar-refractivity contribution >= 4 is 5.91 Å². The van der Waals surface area contributed by atoms with Gasteiger partial charge in [0.15, 0.2) is 0 Å². The predicted octanol–water partition coefficient (Wildman–Crippen LogP) is 1.27. The molecule has 0 unspecified atom stereocenters. The molecule has 3 N–H and O–H groups in total. The second kappa shape index (κ2) is 5.87. The Morgan fingerprint density at radius 1 is 1.39 bits per heavy atom. The van der Waals surface area contributed by atoms with Crippen LogP contribution in [0, 0.1) is 0 Å². The highest BCUT2D eigenvalue weighted by atomic mass is 16.3. The molecule has 0 heterocycles. The Labute approximate surface area is 107 Å². The molecular weight excluding hydrogens is 228 g/mol. The highest BCUT2D eigenvalue weighted by molar-refractivity contribution is 5.80. The quantitative estimate of drug-likeness (QED) is 0.824. The summed E-state index contributed by atoms with van der Waals surface area (Å²) in [6, 6.07) is 7.34. The summed E-state index contributed by atoms with van der Waals surface area (Å²) in [5, 5.41) is 9.69. The van der Waals surface area contributed by atoms with E-state index >= 15 is 0 Å². The van der Waals surface area contributed by atoms with E-state index < -0.39 is 0 Å². The summed E-state index contributed by atoms with van der Waals surface area (Å²) < 4.78 is 0. The van der Waals surface area contributed by atoms with Crippen LogP contribution in [-0.2, 0) is 11.2 Å². The molecule has 0 spiro atoms. The second-order valence-electron chi connectivity index (χ2n) is 4.77. The molecule has 1 fully saturated rings. The van der Waals surface area contributed by atoms with Gasteiger partial charge >= 0.3 is 0 Å². The molecule has 98 valence electrons. The summed E-state index contributed by atoms with van der Waals surface area (Å²) in [7, 11) is 0. The van der Waals surface area contributed by atoms with Crippen molar-refractivity contribution in [3.05, 3.63) is 29.8 Å². The Bertz CT molecular complexity index is 416.